The fourth-order valence-electron chi connectivity index (χ4n) is 2.93. The highest BCUT2D eigenvalue weighted by Gasteiger charge is 2.32. The summed E-state index contributed by atoms with van der Waals surface area (Å²) in [5, 5.41) is 0.205. The molecule has 0 radical (unpaired) electrons. The first-order valence-corrected chi connectivity index (χ1v) is 9.43. The molecule has 29 heavy (non-hydrogen) atoms. The van der Waals surface area contributed by atoms with E-state index >= 15 is 0 Å². The maximum atomic E-state index is 13.6. The molecular weight excluding hydrogens is 432 g/mol. The van der Waals surface area contributed by atoms with Crippen LogP contribution >= 0.6 is 22.9 Å². The van der Waals surface area contributed by atoms with Crippen LogP contribution in [0.2, 0.25) is 0 Å². The summed E-state index contributed by atoms with van der Waals surface area (Å²) >= 11 is 7.10. The van der Waals surface area contributed by atoms with Crippen molar-refractivity contribution in [3.8, 4) is 0 Å². The van der Waals surface area contributed by atoms with E-state index in [1.165, 1.54) is 6.08 Å². The Morgan fingerprint density at radius 2 is 1.97 bits per heavy atom. The van der Waals surface area contributed by atoms with Crippen LogP contribution in [0, 0.1) is 12.7 Å². The number of allylic oxidation sites excluding steroid dienone is 2. The Bertz CT molecular complexity index is 1070. The van der Waals surface area contributed by atoms with E-state index in [1.807, 2.05) is 0 Å². The number of halogens is 5. The van der Waals surface area contributed by atoms with Crippen LogP contribution in [0.25, 0.3) is 0 Å². The van der Waals surface area contributed by atoms with E-state index in [2.05, 4.69) is 4.98 Å². The topological polar surface area (TPSA) is 73.1 Å². The molecule has 0 aliphatic heterocycles. The van der Waals surface area contributed by atoms with Crippen molar-refractivity contribution in [2.24, 2.45) is 5.73 Å². The molecule has 2 aromatic rings. The first-order valence-electron chi connectivity index (χ1n) is 8.24. The van der Waals surface area contributed by atoms with Crippen LogP contribution in [0.3, 0.4) is 0 Å². The van der Waals surface area contributed by atoms with Crippen LogP contribution in [0.15, 0.2) is 41.0 Å². The molecule has 3 rings (SSSR count). The highest BCUT2D eigenvalue weighted by atomic mass is 35.5. The third kappa shape index (κ3) is 4.40. The third-order valence-corrected chi connectivity index (χ3v) is 5.95. The number of carbonyl (C=O) groups excluding carboxylic acids is 2. The van der Waals surface area contributed by atoms with Crippen molar-refractivity contribution in [2.45, 2.75) is 25.4 Å². The zero-order valence-corrected chi connectivity index (χ0v) is 16.4. The van der Waals surface area contributed by atoms with Gasteiger partial charge in [0.15, 0.2) is 5.01 Å². The number of aryl methyl sites for hydroxylation is 1. The number of carbonyl (C=O) groups is 2. The van der Waals surface area contributed by atoms with Gasteiger partial charge in [0, 0.05) is 21.4 Å². The van der Waals surface area contributed by atoms with Crippen molar-refractivity contribution in [2.75, 3.05) is 0 Å². The summed E-state index contributed by atoms with van der Waals surface area (Å²) in [6, 6.07) is 1.67. The monoisotopic (exact) mass is 444 g/mol. The second-order valence-electron chi connectivity index (χ2n) is 6.38. The van der Waals surface area contributed by atoms with Crippen molar-refractivity contribution in [3.05, 3.63) is 73.5 Å². The number of alkyl halides is 3. The van der Waals surface area contributed by atoms with Crippen LogP contribution in [-0.2, 0) is 11.0 Å². The van der Waals surface area contributed by atoms with E-state index in [0.717, 1.165) is 17.4 Å². The standard InChI is InChI=1S/C19H13ClF4N2O2S/c1-8-16(9-2-3-13(17(25)28)14(20)6-9)29-18(26-8)15(27)10-4-11(19(22,23)24)7-12(21)5-10/h2-5,7,9H,6H2,1H3,(H2,25,28). The van der Waals surface area contributed by atoms with Crippen LogP contribution in [0.5, 0.6) is 0 Å². The van der Waals surface area contributed by atoms with Crippen LogP contribution < -0.4 is 5.73 Å². The molecule has 0 fully saturated rings. The summed E-state index contributed by atoms with van der Waals surface area (Å²) < 4.78 is 52.3. The Labute approximate surface area is 171 Å². The number of primary amides is 1. The molecule has 1 aliphatic carbocycles. The summed E-state index contributed by atoms with van der Waals surface area (Å²) in [6.45, 7) is 1.64. The van der Waals surface area contributed by atoms with E-state index in [0.29, 0.717) is 22.7 Å². The predicted molar refractivity (Wildman–Crippen MR) is 100 cm³/mol. The van der Waals surface area contributed by atoms with Crippen molar-refractivity contribution >= 4 is 34.6 Å². The minimum absolute atomic E-state index is 0.0644. The van der Waals surface area contributed by atoms with Gasteiger partial charge in [0.1, 0.15) is 5.82 Å². The number of nitrogens with two attached hydrogens (primary N) is 1. The lowest BCUT2D eigenvalue weighted by molar-refractivity contribution is -0.137. The van der Waals surface area contributed by atoms with Crippen molar-refractivity contribution < 1.29 is 27.2 Å². The molecule has 1 amide bonds. The molecule has 0 saturated carbocycles. The number of hydrogen-bond acceptors (Lipinski definition) is 4. The molecule has 1 aliphatic rings. The van der Waals surface area contributed by atoms with Gasteiger partial charge < -0.3 is 5.73 Å². The molecule has 10 heteroatoms. The number of hydrogen-bond donors (Lipinski definition) is 1. The number of benzene rings is 1. The molecule has 1 atom stereocenters. The minimum Gasteiger partial charge on any atom is -0.366 e. The normalized spacial score (nSPS) is 17.0. The maximum Gasteiger partial charge on any atom is 0.416 e. The minimum atomic E-state index is -4.78. The van der Waals surface area contributed by atoms with Gasteiger partial charge in [-0.25, -0.2) is 9.37 Å². The van der Waals surface area contributed by atoms with Crippen molar-refractivity contribution in [1.82, 2.24) is 4.98 Å². The van der Waals surface area contributed by atoms with E-state index in [9.17, 15) is 27.2 Å². The second kappa shape index (κ2) is 7.72. The lowest BCUT2D eigenvalue weighted by Crippen LogP contribution is -2.16. The summed E-state index contributed by atoms with van der Waals surface area (Å²) in [6.07, 6.45) is -1.33. The highest BCUT2D eigenvalue weighted by Crippen LogP contribution is 2.38. The average molecular weight is 445 g/mol. The predicted octanol–water partition coefficient (Wildman–Crippen LogP) is 4.86. The van der Waals surface area contributed by atoms with E-state index in [1.54, 1.807) is 13.0 Å². The molecule has 0 saturated heterocycles. The number of ketones is 1. The van der Waals surface area contributed by atoms with Gasteiger partial charge in [-0.1, -0.05) is 23.8 Å². The average Bonchev–Trinajstić information content (AvgIpc) is 3.01. The smallest absolute Gasteiger partial charge is 0.366 e. The quantitative estimate of drug-likeness (QED) is 0.540. The number of rotatable bonds is 4. The Balaban J connectivity index is 1.92. The molecule has 1 aromatic heterocycles. The lowest BCUT2D eigenvalue weighted by atomic mass is 9.94. The van der Waals surface area contributed by atoms with Crippen LogP contribution in [0.4, 0.5) is 17.6 Å². The molecule has 0 bridgehead atoms. The van der Waals surface area contributed by atoms with E-state index < -0.39 is 34.8 Å². The summed E-state index contributed by atoms with van der Waals surface area (Å²) in [7, 11) is 0. The lowest BCUT2D eigenvalue weighted by Gasteiger charge is -2.17. The van der Waals surface area contributed by atoms with Gasteiger partial charge in [-0.15, -0.1) is 11.3 Å². The van der Waals surface area contributed by atoms with Gasteiger partial charge in [0.2, 0.25) is 11.7 Å². The van der Waals surface area contributed by atoms with Crippen LogP contribution in [-0.4, -0.2) is 16.7 Å². The molecule has 1 aromatic carbocycles. The number of aromatic nitrogens is 1. The molecule has 1 heterocycles. The molecule has 4 nitrogen and oxygen atoms in total. The molecule has 152 valence electrons. The zero-order valence-electron chi connectivity index (χ0n) is 14.8. The van der Waals surface area contributed by atoms with Gasteiger partial charge >= 0.3 is 6.18 Å². The second-order valence-corrected chi connectivity index (χ2v) is 7.86. The Morgan fingerprint density at radius 3 is 2.55 bits per heavy atom. The Morgan fingerprint density at radius 1 is 1.28 bits per heavy atom. The molecule has 0 spiro atoms. The van der Waals surface area contributed by atoms with E-state index in [-0.39, 0.29) is 28.0 Å². The van der Waals surface area contributed by atoms with Gasteiger partial charge in [-0.3, -0.25) is 9.59 Å². The van der Waals surface area contributed by atoms with Gasteiger partial charge in [-0.2, -0.15) is 13.2 Å². The first-order chi connectivity index (χ1) is 13.5. The summed E-state index contributed by atoms with van der Waals surface area (Å²) in [5.74, 6) is -2.91. The zero-order chi connectivity index (χ0) is 21.5. The highest BCUT2D eigenvalue weighted by molar-refractivity contribution is 7.14. The third-order valence-electron chi connectivity index (χ3n) is 4.30. The molecule has 2 N–H and O–H groups in total. The Hall–Kier alpha value is -2.52. The molecular formula is C19H13ClF4N2O2S. The Kier molecular flexibility index (Phi) is 5.64. The number of amides is 1. The number of nitrogens with zero attached hydrogens (tertiary/aromatic N) is 1. The van der Waals surface area contributed by atoms with E-state index in [4.69, 9.17) is 17.3 Å². The van der Waals surface area contributed by atoms with Crippen LogP contribution in [0.1, 0.15) is 43.8 Å². The number of thiazole rings is 1. The van der Waals surface area contributed by atoms with Gasteiger partial charge in [0.05, 0.1) is 16.8 Å². The fraction of sp³-hybridized carbons (Fsp3) is 0.211. The van der Waals surface area contributed by atoms with Gasteiger partial charge in [-0.05, 0) is 31.5 Å². The summed E-state index contributed by atoms with van der Waals surface area (Å²) in [4.78, 5) is 28.8. The first kappa shape index (κ1) is 21.2. The SMILES string of the molecule is Cc1nc(C(=O)c2cc(F)cc(C(F)(F)F)c2)sc1C1C=CC(C(N)=O)=C(Cl)C1. The fourth-order valence-corrected chi connectivity index (χ4v) is 4.36. The summed E-state index contributed by atoms with van der Waals surface area (Å²) in [5.41, 5.74) is 4.24. The maximum absolute atomic E-state index is 13.6. The van der Waals surface area contributed by atoms with Crippen molar-refractivity contribution in [1.29, 1.82) is 0 Å². The van der Waals surface area contributed by atoms with Crippen molar-refractivity contribution in [3.63, 3.8) is 0 Å². The largest absolute Gasteiger partial charge is 0.416 e. The van der Waals surface area contributed by atoms with Gasteiger partial charge in [0.25, 0.3) is 0 Å². The molecule has 1 unspecified atom stereocenters.